The molecule has 3 rings (SSSR count). The Kier molecular flexibility index (Phi) is 10.3. The monoisotopic (exact) mass is 544 g/mol. The number of nitrogens with one attached hydrogen (secondary N) is 2. The SMILES string of the molecule is C=CC(=O)NCCN(C(=O)C=C)c1cccc(NSc2cc(-c3cccc(C(=O)N(C)C)c3)ccc2OC)c1. The lowest BCUT2D eigenvalue weighted by molar-refractivity contribution is -0.117. The van der Waals surface area contributed by atoms with Crippen molar-refractivity contribution < 1.29 is 19.1 Å². The van der Waals surface area contributed by atoms with Crippen LogP contribution in [0.1, 0.15) is 10.4 Å². The fraction of sp³-hybridized carbons (Fsp3) is 0.167. The maximum atomic E-state index is 12.5. The van der Waals surface area contributed by atoms with Gasteiger partial charge in [-0.2, -0.15) is 0 Å². The molecule has 0 aliphatic carbocycles. The van der Waals surface area contributed by atoms with Gasteiger partial charge in [-0.05, 0) is 77.7 Å². The standard InChI is InChI=1S/C30H32N4O4S/c1-6-28(35)31-16-17-34(29(36)7-2)25-13-9-12-24(20-25)32-39-27-19-22(14-15-26(27)38-5)21-10-8-11-23(18-21)30(37)33(3)4/h6-15,18-20,32H,1-2,16-17H2,3-5H3,(H,31,35). The Balaban J connectivity index is 1.81. The minimum absolute atomic E-state index is 0.0615. The predicted molar refractivity (Wildman–Crippen MR) is 158 cm³/mol. The van der Waals surface area contributed by atoms with Crippen LogP contribution in [0.5, 0.6) is 5.75 Å². The molecule has 3 aromatic rings. The van der Waals surface area contributed by atoms with Crippen LogP contribution in [-0.2, 0) is 9.59 Å². The maximum absolute atomic E-state index is 12.5. The first-order chi connectivity index (χ1) is 18.8. The van der Waals surface area contributed by atoms with Crippen LogP contribution in [0.25, 0.3) is 11.1 Å². The number of carbonyl (C=O) groups excluding carboxylic acids is 3. The average Bonchev–Trinajstić information content (AvgIpc) is 2.97. The number of hydrogen-bond acceptors (Lipinski definition) is 6. The van der Waals surface area contributed by atoms with Crippen LogP contribution >= 0.6 is 11.9 Å². The van der Waals surface area contributed by atoms with Gasteiger partial charge in [0.05, 0.1) is 12.0 Å². The minimum Gasteiger partial charge on any atom is -0.496 e. The van der Waals surface area contributed by atoms with Crippen LogP contribution in [0.3, 0.4) is 0 Å². The zero-order valence-electron chi connectivity index (χ0n) is 22.3. The number of nitrogens with zero attached hydrogens (tertiary/aromatic N) is 2. The summed E-state index contributed by atoms with van der Waals surface area (Å²) in [5.74, 6) is 0.0416. The average molecular weight is 545 g/mol. The highest BCUT2D eigenvalue weighted by atomic mass is 32.2. The summed E-state index contributed by atoms with van der Waals surface area (Å²) in [7, 11) is 5.07. The Bertz CT molecular complexity index is 1370. The summed E-state index contributed by atoms with van der Waals surface area (Å²) in [6.45, 7) is 7.56. The van der Waals surface area contributed by atoms with Gasteiger partial charge < -0.3 is 24.6 Å². The van der Waals surface area contributed by atoms with Crippen molar-refractivity contribution >= 4 is 41.0 Å². The van der Waals surface area contributed by atoms with Crippen molar-refractivity contribution in [3.63, 3.8) is 0 Å². The first-order valence-electron chi connectivity index (χ1n) is 12.1. The van der Waals surface area contributed by atoms with Crippen molar-refractivity contribution in [3.8, 4) is 16.9 Å². The quantitative estimate of drug-likeness (QED) is 0.246. The normalized spacial score (nSPS) is 10.2. The Labute approximate surface area is 233 Å². The molecule has 39 heavy (non-hydrogen) atoms. The zero-order chi connectivity index (χ0) is 28.4. The number of anilines is 2. The number of hydrogen-bond donors (Lipinski definition) is 2. The van der Waals surface area contributed by atoms with Crippen molar-refractivity contribution in [3.05, 3.63) is 97.6 Å². The molecule has 0 bridgehead atoms. The lowest BCUT2D eigenvalue weighted by Gasteiger charge is -2.22. The summed E-state index contributed by atoms with van der Waals surface area (Å²) in [5.41, 5.74) is 3.88. The molecule has 202 valence electrons. The molecule has 3 amide bonds. The van der Waals surface area contributed by atoms with E-state index in [0.29, 0.717) is 17.0 Å². The van der Waals surface area contributed by atoms with Crippen LogP contribution in [0.2, 0.25) is 0 Å². The van der Waals surface area contributed by atoms with Crippen LogP contribution < -0.4 is 19.7 Å². The highest BCUT2D eigenvalue weighted by molar-refractivity contribution is 8.00. The summed E-state index contributed by atoms with van der Waals surface area (Å²) < 4.78 is 8.90. The molecule has 3 aromatic carbocycles. The Morgan fingerprint density at radius 2 is 1.69 bits per heavy atom. The van der Waals surface area contributed by atoms with E-state index in [1.165, 1.54) is 29.0 Å². The highest BCUT2D eigenvalue weighted by Crippen LogP contribution is 2.35. The maximum Gasteiger partial charge on any atom is 0.253 e. The van der Waals surface area contributed by atoms with E-state index >= 15 is 0 Å². The molecular weight excluding hydrogens is 512 g/mol. The van der Waals surface area contributed by atoms with E-state index in [1.807, 2.05) is 60.7 Å². The molecule has 0 aromatic heterocycles. The number of methoxy groups -OCH3 is 1. The smallest absolute Gasteiger partial charge is 0.253 e. The molecule has 0 atom stereocenters. The van der Waals surface area contributed by atoms with Gasteiger partial charge in [0.1, 0.15) is 5.75 Å². The van der Waals surface area contributed by atoms with E-state index in [0.717, 1.165) is 21.7 Å². The van der Waals surface area contributed by atoms with E-state index in [-0.39, 0.29) is 30.8 Å². The van der Waals surface area contributed by atoms with Crippen LogP contribution in [0.4, 0.5) is 11.4 Å². The van der Waals surface area contributed by atoms with E-state index in [2.05, 4.69) is 23.2 Å². The second-order valence-electron chi connectivity index (χ2n) is 8.59. The van der Waals surface area contributed by atoms with Gasteiger partial charge in [-0.3, -0.25) is 14.4 Å². The van der Waals surface area contributed by atoms with Crippen molar-refractivity contribution in [2.75, 3.05) is 43.9 Å². The molecule has 0 saturated carbocycles. The van der Waals surface area contributed by atoms with Gasteiger partial charge in [0.15, 0.2) is 0 Å². The van der Waals surface area contributed by atoms with Gasteiger partial charge in [0.25, 0.3) is 5.91 Å². The van der Waals surface area contributed by atoms with Gasteiger partial charge in [-0.15, -0.1) is 0 Å². The summed E-state index contributed by atoms with van der Waals surface area (Å²) in [5, 5.41) is 2.68. The minimum atomic E-state index is -0.306. The topological polar surface area (TPSA) is 91.0 Å². The molecule has 0 aliphatic rings. The van der Waals surface area contributed by atoms with Gasteiger partial charge in [-0.25, -0.2) is 0 Å². The first-order valence-corrected chi connectivity index (χ1v) is 13.0. The Hall–Kier alpha value is -4.50. The van der Waals surface area contributed by atoms with Crippen LogP contribution in [-0.4, -0.2) is 56.9 Å². The highest BCUT2D eigenvalue weighted by Gasteiger charge is 2.15. The third-order valence-electron chi connectivity index (χ3n) is 5.71. The molecular formula is C30H32N4O4S. The molecule has 0 radical (unpaired) electrons. The molecule has 0 saturated heterocycles. The zero-order valence-corrected chi connectivity index (χ0v) is 23.1. The predicted octanol–water partition coefficient (Wildman–Crippen LogP) is 5.00. The number of benzene rings is 3. The summed E-state index contributed by atoms with van der Waals surface area (Å²) >= 11 is 1.37. The number of amides is 3. The van der Waals surface area contributed by atoms with E-state index in [1.54, 1.807) is 32.2 Å². The summed E-state index contributed by atoms with van der Waals surface area (Å²) in [6.07, 6.45) is 2.42. The van der Waals surface area contributed by atoms with Gasteiger partial charge in [0, 0.05) is 44.1 Å². The first kappa shape index (κ1) is 29.1. The van der Waals surface area contributed by atoms with Crippen molar-refractivity contribution in [2.24, 2.45) is 0 Å². The van der Waals surface area contributed by atoms with E-state index in [4.69, 9.17) is 4.74 Å². The van der Waals surface area contributed by atoms with Crippen LogP contribution in [0, 0.1) is 0 Å². The number of rotatable bonds is 12. The molecule has 0 aliphatic heterocycles. The molecule has 8 nitrogen and oxygen atoms in total. The molecule has 0 spiro atoms. The second kappa shape index (κ2) is 13.9. The molecule has 0 fully saturated rings. The lowest BCUT2D eigenvalue weighted by atomic mass is 10.0. The summed E-state index contributed by atoms with van der Waals surface area (Å²) in [6, 6.07) is 20.7. The fourth-order valence-electron chi connectivity index (χ4n) is 3.72. The van der Waals surface area contributed by atoms with Crippen molar-refractivity contribution in [1.29, 1.82) is 0 Å². The third-order valence-corrected chi connectivity index (χ3v) is 6.59. The number of ether oxygens (including phenoxy) is 1. The van der Waals surface area contributed by atoms with E-state index in [9.17, 15) is 14.4 Å². The summed E-state index contributed by atoms with van der Waals surface area (Å²) in [4.78, 5) is 40.4. The Morgan fingerprint density at radius 3 is 2.38 bits per heavy atom. The van der Waals surface area contributed by atoms with Gasteiger partial charge in [0.2, 0.25) is 11.8 Å². The molecule has 0 heterocycles. The van der Waals surface area contributed by atoms with E-state index < -0.39 is 0 Å². The van der Waals surface area contributed by atoms with Gasteiger partial charge >= 0.3 is 0 Å². The second-order valence-corrected chi connectivity index (χ2v) is 9.44. The molecule has 9 heteroatoms. The fourth-order valence-corrected chi connectivity index (χ4v) is 4.51. The third kappa shape index (κ3) is 7.75. The molecule has 0 unspecified atom stereocenters. The Morgan fingerprint density at radius 1 is 0.949 bits per heavy atom. The van der Waals surface area contributed by atoms with Crippen molar-refractivity contribution in [2.45, 2.75) is 4.90 Å². The number of carbonyl (C=O) groups is 3. The lowest BCUT2D eigenvalue weighted by Crippen LogP contribution is -2.37. The largest absolute Gasteiger partial charge is 0.496 e. The molecule has 2 N–H and O–H groups in total. The van der Waals surface area contributed by atoms with Crippen molar-refractivity contribution in [1.82, 2.24) is 10.2 Å². The van der Waals surface area contributed by atoms with Gasteiger partial charge in [-0.1, -0.05) is 37.4 Å². The van der Waals surface area contributed by atoms with Crippen LogP contribution in [0.15, 0.2) is 96.9 Å².